The highest BCUT2D eigenvalue weighted by molar-refractivity contribution is 9.10. The van der Waals surface area contributed by atoms with Crippen molar-refractivity contribution in [2.75, 3.05) is 24.2 Å². The second-order valence-corrected chi connectivity index (χ2v) is 7.00. The van der Waals surface area contributed by atoms with Crippen LogP contribution in [0, 0.1) is 0 Å². The number of hydrogen-bond donors (Lipinski definition) is 0. The van der Waals surface area contributed by atoms with Crippen molar-refractivity contribution in [3.63, 3.8) is 0 Å². The summed E-state index contributed by atoms with van der Waals surface area (Å²) >= 11 is 5.50. The van der Waals surface area contributed by atoms with Crippen LogP contribution < -0.4 is 4.90 Å². The van der Waals surface area contributed by atoms with Crippen LogP contribution in [0.4, 0.5) is 5.82 Å². The van der Waals surface area contributed by atoms with Gasteiger partial charge in [0.1, 0.15) is 16.7 Å². The van der Waals surface area contributed by atoms with E-state index in [9.17, 15) is 0 Å². The molecule has 0 aliphatic carbocycles. The van der Waals surface area contributed by atoms with Gasteiger partial charge in [-0.05, 0) is 35.0 Å². The van der Waals surface area contributed by atoms with Gasteiger partial charge in [-0.3, -0.25) is 0 Å². The number of aromatic nitrogens is 4. The van der Waals surface area contributed by atoms with Gasteiger partial charge in [-0.1, -0.05) is 6.42 Å². The number of nitrogens with zero attached hydrogens (tertiary/aromatic N) is 5. The molecule has 2 aromatic heterocycles. The lowest BCUT2D eigenvalue weighted by Gasteiger charge is -2.25. The van der Waals surface area contributed by atoms with Crippen molar-refractivity contribution >= 4 is 44.5 Å². The molecule has 1 aliphatic heterocycles. The smallest absolute Gasteiger partial charge is 0.164 e. The fraction of sp³-hybridized carbons (Fsp3) is 0.615. The first kappa shape index (κ1) is 14.1. The summed E-state index contributed by atoms with van der Waals surface area (Å²) in [6.07, 6.45) is 7.65. The van der Waals surface area contributed by atoms with Crippen LogP contribution in [0.2, 0.25) is 0 Å². The molecule has 3 rings (SSSR count). The van der Waals surface area contributed by atoms with Crippen LogP contribution in [0.3, 0.4) is 0 Å². The zero-order valence-corrected chi connectivity index (χ0v) is 14.1. The quantitative estimate of drug-likeness (QED) is 0.828. The molecule has 0 radical (unpaired) electrons. The molecule has 0 spiro atoms. The number of hydrogen-bond acceptors (Lipinski definition) is 5. The minimum Gasteiger partial charge on any atom is -0.355 e. The van der Waals surface area contributed by atoms with Gasteiger partial charge in [0, 0.05) is 25.4 Å². The summed E-state index contributed by atoms with van der Waals surface area (Å²) in [7, 11) is 1.91. The van der Waals surface area contributed by atoms with E-state index in [1.54, 1.807) is 11.0 Å². The predicted octanol–water partition coefficient (Wildman–Crippen LogP) is 2.85. The van der Waals surface area contributed by atoms with Gasteiger partial charge < -0.3 is 4.90 Å². The Morgan fingerprint density at radius 1 is 1.35 bits per heavy atom. The van der Waals surface area contributed by atoms with Crippen molar-refractivity contribution in [2.24, 2.45) is 7.05 Å². The van der Waals surface area contributed by atoms with Crippen molar-refractivity contribution in [3.8, 4) is 0 Å². The van der Waals surface area contributed by atoms with E-state index >= 15 is 0 Å². The first-order valence-corrected chi connectivity index (χ1v) is 8.89. The molecule has 1 atom stereocenters. The maximum atomic E-state index is 4.54. The van der Waals surface area contributed by atoms with E-state index in [1.165, 1.54) is 19.3 Å². The third-order valence-corrected chi connectivity index (χ3v) is 5.43. The molecule has 5 nitrogen and oxygen atoms in total. The van der Waals surface area contributed by atoms with E-state index in [-0.39, 0.29) is 0 Å². The highest BCUT2D eigenvalue weighted by Crippen LogP contribution is 2.31. The summed E-state index contributed by atoms with van der Waals surface area (Å²) in [6, 6.07) is 0. The molecule has 0 amide bonds. The van der Waals surface area contributed by atoms with Crippen LogP contribution >= 0.6 is 27.7 Å². The van der Waals surface area contributed by atoms with Crippen LogP contribution in [0.25, 0.3) is 11.0 Å². The number of fused-ring (bicyclic) bond motifs is 1. The van der Waals surface area contributed by atoms with Crippen molar-refractivity contribution in [2.45, 2.75) is 24.5 Å². The number of aryl methyl sites for hydroxylation is 1. The first-order chi connectivity index (χ1) is 9.70. The Kier molecular flexibility index (Phi) is 4.16. The molecule has 108 valence electrons. The second-order valence-electron chi connectivity index (χ2n) is 5.11. The van der Waals surface area contributed by atoms with Crippen molar-refractivity contribution in [3.05, 3.63) is 10.9 Å². The van der Waals surface area contributed by atoms with Crippen LogP contribution in [0.15, 0.2) is 10.9 Å². The molecule has 3 heterocycles. The summed E-state index contributed by atoms with van der Waals surface area (Å²) in [4.78, 5) is 11.3. The van der Waals surface area contributed by atoms with Crippen LogP contribution in [0.1, 0.15) is 19.3 Å². The Hall–Kier alpha value is -0.820. The Morgan fingerprint density at radius 2 is 2.20 bits per heavy atom. The van der Waals surface area contributed by atoms with Crippen molar-refractivity contribution in [1.29, 1.82) is 0 Å². The van der Waals surface area contributed by atoms with Crippen LogP contribution in [-0.2, 0) is 7.05 Å². The maximum Gasteiger partial charge on any atom is 0.164 e. The largest absolute Gasteiger partial charge is 0.355 e. The Labute approximate surface area is 131 Å². The number of anilines is 1. The van der Waals surface area contributed by atoms with Gasteiger partial charge in [0.2, 0.25) is 0 Å². The predicted molar refractivity (Wildman–Crippen MR) is 87.4 cm³/mol. The van der Waals surface area contributed by atoms with Gasteiger partial charge >= 0.3 is 0 Å². The second kappa shape index (κ2) is 5.89. The van der Waals surface area contributed by atoms with Gasteiger partial charge in [-0.2, -0.15) is 16.9 Å². The van der Waals surface area contributed by atoms with E-state index in [4.69, 9.17) is 0 Å². The Morgan fingerprint density at radius 3 is 3.00 bits per heavy atom. The summed E-state index contributed by atoms with van der Waals surface area (Å²) in [5, 5.41) is 6.11. The maximum absolute atomic E-state index is 4.54. The summed E-state index contributed by atoms with van der Waals surface area (Å²) in [6.45, 7) is 2.11. The average Bonchev–Trinajstić information content (AvgIpc) is 2.67. The number of halogens is 1. The summed E-state index contributed by atoms with van der Waals surface area (Å²) < 4.78 is 2.63. The standard InChI is InChI=1S/C13H18BrN5S/c1-18-12-10(11(14)17-18)13(16-8-15-12)19-6-4-3-5-9(7-19)20-2/h8-9H,3-7H2,1-2H3. The van der Waals surface area contributed by atoms with E-state index in [0.717, 1.165) is 34.5 Å². The average molecular weight is 356 g/mol. The van der Waals surface area contributed by atoms with Gasteiger partial charge in [-0.25, -0.2) is 14.6 Å². The molecule has 0 bridgehead atoms. The Balaban J connectivity index is 2.04. The third kappa shape index (κ3) is 2.53. The molecule has 1 aliphatic rings. The van der Waals surface area contributed by atoms with Gasteiger partial charge in [0.05, 0.1) is 5.39 Å². The van der Waals surface area contributed by atoms with Gasteiger partial charge in [-0.15, -0.1) is 0 Å². The highest BCUT2D eigenvalue weighted by Gasteiger charge is 2.22. The van der Waals surface area contributed by atoms with Crippen molar-refractivity contribution in [1.82, 2.24) is 19.7 Å². The first-order valence-electron chi connectivity index (χ1n) is 6.81. The lowest BCUT2D eigenvalue weighted by Crippen LogP contribution is -2.30. The molecule has 2 aromatic rings. The SMILES string of the molecule is CSC1CCCCN(c2ncnc3c2c(Br)nn3C)C1. The molecular formula is C13H18BrN5S. The lowest BCUT2D eigenvalue weighted by molar-refractivity contribution is 0.736. The molecule has 1 saturated heterocycles. The number of rotatable bonds is 2. The normalized spacial score (nSPS) is 20.4. The molecule has 0 aromatic carbocycles. The monoisotopic (exact) mass is 355 g/mol. The summed E-state index contributed by atoms with van der Waals surface area (Å²) in [5.74, 6) is 1.01. The van der Waals surface area contributed by atoms with E-state index in [0.29, 0.717) is 5.25 Å². The molecule has 1 fully saturated rings. The zero-order valence-electron chi connectivity index (χ0n) is 11.7. The molecular weight excluding hydrogens is 338 g/mol. The number of thioether (sulfide) groups is 1. The van der Waals surface area contributed by atoms with Crippen LogP contribution in [0.5, 0.6) is 0 Å². The fourth-order valence-corrected chi connectivity index (χ4v) is 4.08. The van der Waals surface area contributed by atoms with Gasteiger partial charge in [0.15, 0.2) is 5.65 Å². The minimum absolute atomic E-state index is 0.679. The topological polar surface area (TPSA) is 46.8 Å². The minimum atomic E-state index is 0.679. The van der Waals surface area contributed by atoms with E-state index in [1.807, 2.05) is 18.8 Å². The van der Waals surface area contributed by atoms with E-state index in [2.05, 4.69) is 42.2 Å². The molecule has 1 unspecified atom stereocenters. The highest BCUT2D eigenvalue weighted by atomic mass is 79.9. The van der Waals surface area contributed by atoms with Gasteiger partial charge in [0.25, 0.3) is 0 Å². The van der Waals surface area contributed by atoms with Crippen molar-refractivity contribution < 1.29 is 0 Å². The molecule has 20 heavy (non-hydrogen) atoms. The van der Waals surface area contributed by atoms with E-state index < -0.39 is 0 Å². The molecule has 0 saturated carbocycles. The summed E-state index contributed by atoms with van der Waals surface area (Å²) in [5.41, 5.74) is 0.881. The fourth-order valence-electron chi connectivity index (χ4n) is 2.75. The third-order valence-electron chi connectivity index (χ3n) is 3.82. The lowest BCUT2D eigenvalue weighted by atomic mass is 10.2. The van der Waals surface area contributed by atoms with Crippen LogP contribution in [-0.4, -0.2) is 44.3 Å². The zero-order chi connectivity index (χ0) is 14.1. The molecule has 7 heteroatoms. The molecule has 0 N–H and O–H groups in total. The Bertz CT molecular complexity index is 614.